The minimum Gasteiger partial charge on any atom is -0.481 e. The second-order valence-electron chi connectivity index (χ2n) is 2.61. The summed E-state index contributed by atoms with van der Waals surface area (Å²) in [6.07, 6.45) is 9.98. The van der Waals surface area contributed by atoms with Crippen LogP contribution in [0.15, 0.2) is 12.1 Å². The summed E-state index contributed by atoms with van der Waals surface area (Å²) in [5.74, 6) is 3.53. The molecule has 3 nitrogen and oxygen atoms in total. The predicted octanol–water partition coefficient (Wildman–Crippen LogP) is 1.89. The van der Waals surface area contributed by atoms with Crippen molar-refractivity contribution in [3.8, 4) is 18.2 Å². The van der Waals surface area contributed by atoms with E-state index in [4.69, 9.17) is 11.2 Å². The highest BCUT2D eigenvalue weighted by atomic mass is 16.5. The maximum atomic E-state index is 5.25. The number of hydrogen-bond acceptors (Lipinski definition) is 3. The number of terminal acetylenes is 1. The summed E-state index contributed by atoms with van der Waals surface area (Å²) in [4.78, 5) is 8.24. The standard InChI is InChI=1S/C11H12N2O/c1-4-6-7-10-12-9(5-2)8-11(13-10)14-3/h2,6-8H,4H2,1,3H3/b7-6+. The quantitative estimate of drug-likeness (QED) is 0.679. The molecule has 0 spiro atoms. The first-order chi connectivity index (χ1) is 6.80. The van der Waals surface area contributed by atoms with Gasteiger partial charge in [0.25, 0.3) is 0 Å². The van der Waals surface area contributed by atoms with E-state index in [1.807, 2.05) is 19.1 Å². The van der Waals surface area contributed by atoms with Gasteiger partial charge in [-0.2, -0.15) is 4.98 Å². The van der Waals surface area contributed by atoms with E-state index in [1.54, 1.807) is 13.2 Å². The van der Waals surface area contributed by atoms with Crippen LogP contribution in [0.5, 0.6) is 5.88 Å². The molecule has 1 aromatic rings. The summed E-state index contributed by atoms with van der Waals surface area (Å²) < 4.78 is 5.00. The Morgan fingerprint density at radius 1 is 1.57 bits per heavy atom. The number of nitrogens with zero attached hydrogens (tertiary/aromatic N) is 2. The molecular weight excluding hydrogens is 176 g/mol. The van der Waals surface area contributed by atoms with Crippen molar-refractivity contribution < 1.29 is 4.74 Å². The highest BCUT2D eigenvalue weighted by Gasteiger charge is 1.99. The number of ether oxygens (including phenoxy) is 1. The Kier molecular flexibility index (Phi) is 3.69. The molecule has 3 heteroatoms. The number of rotatable bonds is 3. The van der Waals surface area contributed by atoms with Crippen LogP contribution in [0.2, 0.25) is 0 Å². The number of allylic oxidation sites excluding steroid dienone is 1. The normalized spacial score (nSPS) is 10.1. The van der Waals surface area contributed by atoms with Gasteiger partial charge in [-0.25, -0.2) is 4.98 Å². The van der Waals surface area contributed by atoms with Gasteiger partial charge in [-0.3, -0.25) is 0 Å². The smallest absolute Gasteiger partial charge is 0.217 e. The molecule has 0 saturated heterocycles. The first-order valence-corrected chi connectivity index (χ1v) is 4.36. The number of aromatic nitrogens is 2. The maximum absolute atomic E-state index is 5.25. The Morgan fingerprint density at radius 2 is 2.36 bits per heavy atom. The van der Waals surface area contributed by atoms with Crippen LogP contribution in [0.25, 0.3) is 6.08 Å². The van der Waals surface area contributed by atoms with Gasteiger partial charge in [-0.05, 0) is 18.4 Å². The summed E-state index contributed by atoms with van der Waals surface area (Å²) in [5, 5.41) is 0. The highest BCUT2D eigenvalue weighted by molar-refractivity contribution is 5.43. The van der Waals surface area contributed by atoms with E-state index >= 15 is 0 Å². The van der Waals surface area contributed by atoms with Crippen molar-refractivity contribution in [3.05, 3.63) is 23.7 Å². The fraction of sp³-hybridized carbons (Fsp3) is 0.273. The van der Waals surface area contributed by atoms with Crippen LogP contribution < -0.4 is 4.74 Å². The molecular formula is C11H12N2O. The van der Waals surface area contributed by atoms with Gasteiger partial charge in [-0.15, -0.1) is 6.42 Å². The molecule has 0 amide bonds. The summed E-state index contributed by atoms with van der Waals surface area (Å²) in [7, 11) is 1.55. The van der Waals surface area contributed by atoms with E-state index in [9.17, 15) is 0 Å². The van der Waals surface area contributed by atoms with E-state index in [0.717, 1.165) is 6.42 Å². The molecule has 1 aromatic heterocycles. The van der Waals surface area contributed by atoms with Gasteiger partial charge in [0, 0.05) is 6.07 Å². The predicted molar refractivity (Wildman–Crippen MR) is 55.8 cm³/mol. The topological polar surface area (TPSA) is 35.0 Å². The lowest BCUT2D eigenvalue weighted by molar-refractivity contribution is 0.396. The van der Waals surface area contributed by atoms with E-state index < -0.39 is 0 Å². The molecule has 1 rings (SSSR count). The zero-order valence-electron chi connectivity index (χ0n) is 8.32. The molecule has 0 radical (unpaired) electrons. The third-order valence-corrected chi connectivity index (χ3v) is 1.58. The summed E-state index contributed by atoms with van der Waals surface area (Å²) in [6, 6.07) is 1.63. The Balaban J connectivity index is 3.06. The van der Waals surface area contributed by atoms with Crippen molar-refractivity contribution in [3.63, 3.8) is 0 Å². The van der Waals surface area contributed by atoms with Gasteiger partial charge in [0.05, 0.1) is 7.11 Å². The largest absolute Gasteiger partial charge is 0.481 e. The lowest BCUT2D eigenvalue weighted by Crippen LogP contribution is -1.95. The van der Waals surface area contributed by atoms with E-state index in [-0.39, 0.29) is 0 Å². The minimum atomic E-state index is 0.490. The lowest BCUT2D eigenvalue weighted by atomic mass is 10.3. The zero-order chi connectivity index (χ0) is 10.4. The lowest BCUT2D eigenvalue weighted by Gasteiger charge is -2.00. The molecule has 0 aromatic carbocycles. The third-order valence-electron chi connectivity index (χ3n) is 1.58. The first-order valence-electron chi connectivity index (χ1n) is 4.36. The second-order valence-corrected chi connectivity index (χ2v) is 2.61. The van der Waals surface area contributed by atoms with Crippen molar-refractivity contribution in [2.75, 3.05) is 7.11 Å². The number of methoxy groups -OCH3 is 1. The average Bonchev–Trinajstić information content (AvgIpc) is 2.25. The van der Waals surface area contributed by atoms with E-state index in [1.165, 1.54) is 0 Å². The summed E-state index contributed by atoms with van der Waals surface area (Å²) in [6.45, 7) is 2.04. The van der Waals surface area contributed by atoms with Crippen LogP contribution in [0.4, 0.5) is 0 Å². The van der Waals surface area contributed by atoms with E-state index in [2.05, 4.69) is 15.9 Å². The molecule has 0 unspecified atom stereocenters. The summed E-state index contributed by atoms with van der Waals surface area (Å²) >= 11 is 0. The van der Waals surface area contributed by atoms with Crippen molar-refractivity contribution in [1.29, 1.82) is 0 Å². The molecule has 0 N–H and O–H groups in total. The fourth-order valence-electron chi connectivity index (χ4n) is 0.919. The molecule has 0 aliphatic rings. The first kappa shape index (κ1) is 10.3. The van der Waals surface area contributed by atoms with Gasteiger partial charge in [0.15, 0.2) is 5.82 Å². The van der Waals surface area contributed by atoms with Crippen LogP contribution >= 0.6 is 0 Å². The highest BCUT2D eigenvalue weighted by Crippen LogP contribution is 2.09. The Labute approximate surface area is 83.8 Å². The van der Waals surface area contributed by atoms with Gasteiger partial charge in [0.1, 0.15) is 5.69 Å². The van der Waals surface area contributed by atoms with Crippen LogP contribution in [-0.2, 0) is 0 Å². The molecule has 0 bridgehead atoms. The van der Waals surface area contributed by atoms with Gasteiger partial charge < -0.3 is 4.74 Å². The third kappa shape index (κ3) is 2.60. The number of hydrogen-bond donors (Lipinski definition) is 0. The van der Waals surface area contributed by atoms with Gasteiger partial charge in [-0.1, -0.05) is 13.0 Å². The Hall–Kier alpha value is -1.82. The Bertz CT molecular complexity index is 377. The molecule has 0 aliphatic carbocycles. The van der Waals surface area contributed by atoms with Crippen LogP contribution in [0.3, 0.4) is 0 Å². The molecule has 0 fully saturated rings. The molecule has 14 heavy (non-hydrogen) atoms. The van der Waals surface area contributed by atoms with Crippen molar-refractivity contribution in [2.24, 2.45) is 0 Å². The summed E-state index contributed by atoms with van der Waals surface area (Å²) in [5.41, 5.74) is 0.535. The minimum absolute atomic E-state index is 0.490. The Morgan fingerprint density at radius 3 is 2.93 bits per heavy atom. The molecule has 0 atom stereocenters. The fourth-order valence-corrected chi connectivity index (χ4v) is 0.919. The molecule has 1 heterocycles. The van der Waals surface area contributed by atoms with Gasteiger partial charge in [0.2, 0.25) is 5.88 Å². The molecule has 0 aliphatic heterocycles. The van der Waals surface area contributed by atoms with Crippen molar-refractivity contribution in [1.82, 2.24) is 9.97 Å². The van der Waals surface area contributed by atoms with Gasteiger partial charge >= 0.3 is 0 Å². The monoisotopic (exact) mass is 188 g/mol. The molecule has 72 valence electrons. The second kappa shape index (κ2) is 5.03. The van der Waals surface area contributed by atoms with E-state index in [0.29, 0.717) is 17.4 Å². The zero-order valence-corrected chi connectivity index (χ0v) is 8.32. The average molecular weight is 188 g/mol. The van der Waals surface area contributed by atoms with Crippen LogP contribution in [0, 0.1) is 12.3 Å². The van der Waals surface area contributed by atoms with Crippen LogP contribution in [-0.4, -0.2) is 17.1 Å². The van der Waals surface area contributed by atoms with Crippen molar-refractivity contribution >= 4 is 6.08 Å². The van der Waals surface area contributed by atoms with Crippen molar-refractivity contribution in [2.45, 2.75) is 13.3 Å². The molecule has 0 saturated carbocycles. The maximum Gasteiger partial charge on any atom is 0.217 e. The SMILES string of the molecule is C#Cc1cc(OC)nc(/C=C/CC)n1. The van der Waals surface area contributed by atoms with Crippen LogP contribution in [0.1, 0.15) is 24.9 Å².